The van der Waals surface area contributed by atoms with E-state index in [1.54, 1.807) is 6.92 Å². The summed E-state index contributed by atoms with van der Waals surface area (Å²) >= 11 is 0. The summed E-state index contributed by atoms with van der Waals surface area (Å²) in [5.41, 5.74) is 1.56. The molecule has 3 aliphatic heterocycles. The van der Waals surface area contributed by atoms with Crippen molar-refractivity contribution in [3.8, 4) is 5.75 Å². The molecule has 5 N–H and O–H groups in total. The number of hydrogen-bond donors (Lipinski definition) is 4. The number of amidine groups is 2. The number of carbonyl (C=O) groups excluding carboxylic acids is 3. The van der Waals surface area contributed by atoms with Crippen LogP contribution in [0.2, 0.25) is 0 Å². The molecule has 3 heterocycles. The molecular formula is C63H92F5N9O12. The van der Waals surface area contributed by atoms with E-state index in [9.17, 15) is 41.7 Å². The normalized spacial score (nSPS) is 20.6. The Morgan fingerprint density at radius 3 is 1.78 bits per heavy atom. The van der Waals surface area contributed by atoms with Crippen LogP contribution < -0.4 is 15.9 Å². The summed E-state index contributed by atoms with van der Waals surface area (Å²) in [6.45, 7) is 9.12. The number of nitrogens with one attached hydrogen (secondary N) is 3. The van der Waals surface area contributed by atoms with Crippen LogP contribution in [0.1, 0.15) is 115 Å². The number of aliphatic imine (C=N–C) groups is 1. The van der Waals surface area contributed by atoms with Crippen molar-refractivity contribution in [2.45, 2.75) is 133 Å². The second kappa shape index (κ2) is 37.1. The molecule has 0 aromatic heterocycles. The zero-order valence-corrected chi connectivity index (χ0v) is 51.4. The molecule has 2 unspecified atom stereocenters. The van der Waals surface area contributed by atoms with E-state index in [4.69, 9.17) is 49.1 Å². The average Bonchev–Trinajstić information content (AvgIpc) is 1.62. The van der Waals surface area contributed by atoms with E-state index in [0.717, 1.165) is 76.6 Å². The Labute approximate surface area is 519 Å². The van der Waals surface area contributed by atoms with Crippen LogP contribution >= 0.6 is 0 Å². The third-order valence-corrected chi connectivity index (χ3v) is 17.3. The van der Waals surface area contributed by atoms with Crippen molar-refractivity contribution >= 4 is 41.4 Å². The summed E-state index contributed by atoms with van der Waals surface area (Å²) in [6.07, 6.45) is 9.72. The highest BCUT2D eigenvalue weighted by molar-refractivity contribution is 6.31. The number of halogens is 5. The van der Waals surface area contributed by atoms with Crippen molar-refractivity contribution in [1.29, 1.82) is 10.8 Å². The van der Waals surface area contributed by atoms with Gasteiger partial charge < -0.3 is 63.6 Å². The van der Waals surface area contributed by atoms with Gasteiger partial charge in [-0.1, -0.05) is 30.3 Å². The molecule has 21 nitrogen and oxygen atoms in total. The Morgan fingerprint density at radius 2 is 1.22 bits per heavy atom. The molecule has 0 radical (unpaired) electrons. The lowest BCUT2D eigenvalue weighted by atomic mass is 9.65. The van der Waals surface area contributed by atoms with Crippen molar-refractivity contribution in [2.75, 3.05) is 132 Å². The topological polar surface area (TPSA) is 254 Å². The van der Waals surface area contributed by atoms with Crippen molar-refractivity contribution in [3.63, 3.8) is 0 Å². The largest absolute Gasteiger partial charge is 0.420 e. The van der Waals surface area contributed by atoms with Gasteiger partial charge >= 0.3 is 5.97 Å². The number of alkyl halides is 2. The molecule has 89 heavy (non-hydrogen) atoms. The summed E-state index contributed by atoms with van der Waals surface area (Å²) in [7, 11) is 0. The molecule has 7 rings (SSSR count). The van der Waals surface area contributed by atoms with Gasteiger partial charge in [-0.2, -0.15) is 5.10 Å². The number of hydrogen-bond acceptors (Lipinski definition) is 18. The first-order valence-corrected chi connectivity index (χ1v) is 31.5. The van der Waals surface area contributed by atoms with Crippen LogP contribution in [0.15, 0.2) is 52.6 Å². The molecule has 3 saturated heterocycles. The van der Waals surface area contributed by atoms with Crippen LogP contribution in [0.5, 0.6) is 5.75 Å². The first kappa shape index (κ1) is 70.9. The Balaban J connectivity index is 0.635. The van der Waals surface area contributed by atoms with Gasteiger partial charge in [-0.15, -0.1) is 0 Å². The molecular weight excluding hydrogens is 1170 g/mol. The predicted molar refractivity (Wildman–Crippen MR) is 322 cm³/mol. The molecule has 496 valence electrons. The summed E-state index contributed by atoms with van der Waals surface area (Å²) in [4.78, 5) is 49.0. The third kappa shape index (κ3) is 23.2. The maximum Gasteiger partial charge on any atom is 0.313 e. The zero-order chi connectivity index (χ0) is 63.4. The maximum atomic E-state index is 13.9. The number of benzene rings is 2. The van der Waals surface area contributed by atoms with Crippen molar-refractivity contribution < 1.29 is 79.0 Å². The lowest BCUT2D eigenvalue weighted by molar-refractivity contribution is -0.147. The molecule has 1 spiro atoms. The van der Waals surface area contributed by atoms with Gasteiger partial charge in [0.2, 0.25) is 23.5 Å². The Morgan fingerprint density at radius 1 is 0.708 bits per heavy atom. The number of esters is 1. The van der Waals surface area contributed by atoms with Gasteiger partial charge in [0.15, 0.2) is 11.6 Å². The Kier molecular flexibility index (Phi) is 29.5. The number of amides is 2. The van der Waals surface area contributed by atoms with E-state index in [2.05, 4.69) is 25.0 Å². The summed E-state index contributed by atoms with van der Waals surface area (Å²) in [5.74, 6) is -2.25. The van der Waals surface area contributed by atoms with Crippen LogP contribution in [-0.2, 0) is 52.3 Å². The molecule has 5 aliphatic rings. The predicted octanol–water partition coefficient (Wildman–Crippen LogP) is 7.67. The highest BCUT2D eigenvalue weighted by atomic mass is 19.3. The molecule has 2 aromatic carbocycles. The molecule has 2 aliphatic carbocycles. The first-order chi connectivity index (χ1) is 43.0. The van der Waals surface area contributed by atoms with Crippen LogP contribution in [-0.4, -0.2) is 212 Å². The second-order valence-electron chi connectivity index (χ2n) is 23.7. The Bertz CT molecular complexity index is 2550. The molecule has 5 fully saturated rings. The number of rotatable bonds is 39. The lowest BCUT2D eigenvalue weighted by Crippen LogP contribution is -2.60. The maximum absolute atomic E-state index is 13.9. The van der Waals surface area contributed by atoms with Crippen LogP contribution in [0.4, 0.5) is 22.0 Å². The molecule has 2 amide bonds. The molecule has 2 aromatic rings. The fourth-order valence-electron chi connectivity index (χ4n) is 12.6. The van der Waals surface area contributed by atoms with E-state index in [0.29, 0.717) is 140 Å². The molecule has 26 heteroatoms. The number of carbonyl (C=O) groups is 3. The average molecular weight is 1260 g/mol. The van der Waals surface area contributed by atoms with E-state index in [1.807, 2.05) is 40.1 Å². The summed E-state index contributed by atoms with van der Waals surface area (Å²) in [6, 6.07) is 11.3. The van der Waals surface area contributed by atoms with E-state index >= 15 is 0 Å². The number of nitrogens with zero attached hydrogens (tertiary/aromatic N) is 5. The van der Waals surface area contributed by atoms with Crippen molar-refractivity contribution in [3.05, 3.63) is 65.5 Å². The van der Waals surface area contributed by atoms with E-state index < -0.39 is 41.0 Å². The fourth-order valence-corrected chi connectivity index (χ4v) is 12.6. The highest BCUT2D eigenvalue weighted by Crippen LogP contribution is 2.47. The quantitative estimate of drug-likeness (QED) is 0.00732. The van der Waals surface area contributed by atoms with Crippen molar-refractivity contribution in [1.82, 2.24) is 20.0 Å². The van der Waals surface area contributed by atoms with Gasteiger partial charge in [0.25, 0.3) is 0 Å². The number of fused-ring (bicyclic) bond motifs is 2. The van der Waals surface area contributed by atoms with Gasteiger partial charge in [-0.25, -0.2) is 22.0 Å². The number of hydrazone groups is 1. The minimum atomic E-state index is -2.69. The van der Waals surface area contributed by atoms with Crippen LogP contribution in [0.3, 0.4) is 0 Å². The first-order valence-electron chi connectivity index (χ1n) is 31.5. The van der Waals surface area contributed by atoms with Crippen LogP contribution in [0.25, 0.3) is 0 Å². The molecule has 2 saturated carbocycles. The minimum absolute atomic E-state index is 0.0601. The summed E-state index contributed by atoms with van der Waals surface area (Å²) < 4.78 is 117. The van der Waals surface area contributed by atoms with E-state index in [1.165, 1.54) is 6.21 Å². The standard InChI is InChI=1S/C63H92F5N9O12/c1-45(69)77(53-39-51-7-8-52(40-53)76(51)21-13-56(46-5-3-2-4-6-46)73-61(80)48-11-18-63(67,68)19-12-48)60(70)47-9-16-62(17-10-47)43-75(44-62)57(78)14-22-81-25-28-84-33-34-87-35-36-88-42-50(74-71)41-72-20-24-83-27-30-86-32-31-85-29-26-82-23-15-58(79)89-59-54(65)37-49(64)38-55(59)66/h2-6,37-38,41,47-48,51-53,56,69-70H,7-36,39-40,42-44,71H2,1H3,(H,73,80)/b69-45?,70-60?,72-41?,74-50+/t51?,52?,53?,56-/m0/s1. The highest BCUT2D eigenvalue weighted by Gasteiger charge is 2.49. The number of likely N-dealkylation sites (tertiary alicyclic amines) is 1. The molecule has 2 bridgehead atoms. The number of ether oxygens (including phenoxy) is 9. The Hall–Kier alpha value is -5.58. The van der Waals surface area contributed by atoms with Gasteiger partial charge in [0, 0.05) is 86.2 Å². The zero-order valence-electron chi connectivity index (χ0n) is 51.4. The van der Waals surface area contributed by atoms with Crippen molar-refractivity contribution in [2.24, 2.45) is 33.2 Å². The SMILES string of the molecule is CC(=N)N(C(=N)C1CCC2(CC1)CN(C(=O)CCOCCOCCOCCOC/C(C=NCCOCCOCCOCCOCCC(=O)Oc1c(F)cc(F)cc1F)=N/N)C2)C1CC2CCC(C1)N2CC[C@H](NC(=O)C1CCC(F)(F)CC1)c1ccccc1. The van der Waals surface area contributed by atoms with Gasteiger partial charge in [0.05, 0.1) is 137 Å². The smallest absolute Gasteiger partial charge is 0.313 e. The second-order valence-corrected chi connectivity index (χ2v) is 23.7. The summed E-state index contributed by atoms with van der Waals surface area (Å²) in [5, 5.41) is 25.3. The number of nitrogens with two attached hydrogens (primary N) is 1. The third-order valence-electron chi connectivity index (χ3n) is 17.3. The van der Waals surface area contributed by atoms with Gasteiger partial charge in [-0.05, 0) is 83.1 Å². The van der Waals surface area contributed by atoms with Gasteiger partial charge in [0.1, 0.15) is 17.4 Å². The van der Waals surface area contributed by atoms with E-state index in [-0.39, 0.29) is 93.8 Å². The van der Waals surface area contributed by atoms with Gasteiger partial charge in [-0.3, -0.25) is 35.1 Å². The molecule has 3 atom stereocenters. The lowest BCUT2D eigenvalue weighted by Gasteiger charge is -2.54. The number of piperidine rings is 1. The fraction of sp³-hybridized carbons (Fsp3) is 0.698. The van der Waals surface area contributed by atoms with Crippen LogP contribution in [0, 0.1) is 45.5 Å². The minimum Gasteiger partial charge on any atom is -0.420 e. The monoisotopic (exact) mass is 1260 g/mol.